The van der Waals surface area contributed by atoms with Crippen LogP contribution in [-0.4, -0.2) is 10.8 Å². The molecule has 0 saturated heterocycles. The van der Waals surface area contributed by atoms with Gasteiger partial charge in [0.25, 0.3) is 11.6 Å². The van der Waals surface area contributed by atoms with E-state index in [9.17, 15) is 28.1 Å². The summed E-state index contributed by atoms with van der Waals surface area (Å²) in [6.07, 6.45) is -4.48. The molecule has 2 rings (SSSR count). The molecule has 0 fully saturated rings. The third kappa shape index (κ3) is 4.23. The number of amides is 1. The molecule has 0 atom stereocenters. The van der Waals surface area contributed by atoms with Crippen molar-refractivity contribution in [1.29, 1.82) is 0 Å². The largest absolute Gasteiger partial charge is 0.416 e. The standard InChI is InChI=1S/C15H10ClF3N2O3/c16-12-5-4-10(7-13(12)21(23)24)14(22)20-8-9-2-1-3-11(6-9)15(17,18)19/h1-7H,8H2,(H,20,22). The number of nitro benzene ring substituents is 1. The van der Waals surface area contributed by atoms with Crippen LogP contribution >= 0.6 is 11.6 Å². The Morgan fingerprint density at radius 3 is 2.54 bits per heavy atom. The Hall–Kier alpha value is -2.61. The third-order valence-corrected chi connectivity index (χ3v) is 3.43. The fourth-order valence-corrected chi connectivity index (χ4v) is 2.12. The second-order valence-corrected chi connectivity index (χ2v) is 5.21. The van der Waals surface area contributed by atoms with Gasteiger partial charge in [-0.3, -0.25) is 14.9 Å². The van der Waals surface area contributed by atoms with E-state index in [-0.39, 0.29) is 22.7 Å². The van der Waals surface area contributed by atoms with Crippen LogP contribution in [0.25, 0.3) is 0 Å². The molecule has 9 heteroatoms. The van der Waals surface area contributed by atoms with Gasteiger partial charge in [0.1, 0.15) is 5.02 Å². The van der Waals surface area contributed by atoms with Gasteiger partial charge >= 0.3 is 6.18 Å². The van der Waals surface area contributed by atoms with Crippen molar-refractivity contribution in [3.63, 3.8) is 0 Å². The van der Waals surface area contributed by atoms with E-state index in [1.807, 2.05) is 0 Å². The lowest BCUT2D eigenvalue weighted by Gasteiger charge is -2.10. The van der Waals surface area contributed by atoms with Crippen molar-refractivity contribution in [2.45, 2.75) is 12.7 Å². The number of alkyl halides is 3. The predicted octanol–water partition coefficient (Wildman–Crippen LogP) is 4.20. The van der Waals surface area contributed by atoms with E-state index in [0.29, 0.717) is 0 Å². The predicted molar refractivity (Wildman–Crippen MR) is 80.7 cm³/mol. The fourth-order valence-electron chi connectivity index (χ4n) is 1.94. The second-order valence-electron chi connectivity index (χ2n) is 4.80. The van der Waals surface area contributed by atoms with Crippen LogP contribution in [0, 0.1) is 10.1 Å². The SMILES string of the molecule is O=C(NCc1cccc(C(F)(F)F)c1)c1ccc(Cl)c([N+](=O)[O-])c1. The van der Waals surface area contributed by atoms with Gasteiger partial charge in [-0.2, -0.15) is 13.2 Å². The number of hydrogen-bond acceptors (Lipinski definition) is 3. The zero-order chi connectivity index (χ0) is 17.9. The molecule has 0 heterocycles. The van der Waals surface area contributed by atoms with Gasteiger partial charge in [-0.25, -0.2) is 0 Å². The van der Waals surface area contributed by atoms with Crippen LogP contribution in [0.5, 0.6) is 0 Å². The molecule has 0 aromatic heterocycles. The summed E-state index contributed by atoms with van der Waals surface area (Å²) in [6.45, 7) is -0.154. The van der Waals surface area contributed by atoms with Crippen molar-refractivity contribution in [3.8, 4) is 0 Å². The van der Waals surface area contributed by atoms with Crippen LogP contribution in [0.15, 0.2) is 42.5 Å². The Labute approximate surface area is 139 Å². The van der Waals surface area contributed by atoms with E-state index in [4.69, 9.17) is 11.6 Å². The number of carbonyl (C=O) groups is 1. The number of hydrogen-bond donors (Lipinski definition) is 1. The summed E-state index contributed by atoms with van der Waals surface area (Å²) in [4.78, 5) is 22.0. The highest BCUT2D eigenvalue weighted by Gasteiger charge is 2.30. The molecule has 2 aromatic carbocycles. The van der Waals surface area contributed by atoms with Gasteiger partial charge in [-0.1, -0.05) is 23.7 Å². The summed E-state index contributed by atoms with van der Waals surface area (Å²) in [7, 11) is 0. The molecule has 0 aliphatic rings. The van der Waals surface area contributed by atoms with E-state index in [1.54, 1.807) is 0 Å². The molecule has 5 nitrogen and oxygen atoms in total. The van der Waals surface area contributed by atoms with E-state index < -0.39 is 28.3 Å². The number of nitrogens with one attached hydrogen (secondary N) is 1. The first-order valence-corrected chi connectivity index (χ1v) is 6.94. The van der Waals surface area contributed by atoms with E-state index in [0.717, 1.165) is 18.2 Å². The number of carbonyl (C=O) groups excluding carboxylic acids is 1. The Morgan fingerprint density at radius 1 is 1.21 bits per heavy atom. The minimum Gasteiger partial charge on any atom is -0.348 e. The molecular formula is C15H10ClF3N2O3. The topological polar surface area (TPSA) is 72.2 Å². The van der Waals surface area contributed by atoms with Crippen LogP contribution in [-0.2, 0) is 12.7 Å². The van der Waals surface area contributed by atoms with Crippen LogP contribution in [0.4, 0.5) is 18.9 Å². The quantitative estimate of drug-likeness (QED) is 0.657. The van der Waals surface area contributed by atoms with Crippen LogP contribution in [0.2, 0.25) is 5.02 Å². The molecule has 0 unspecified atom stereocenters. The third-order valence-electron chi connectivity index (χ3n) is 3.11. The molecule has 2 aromatic rings. The minimum atomic E-state index is -4.48. The first-order valence-electron chi connectivity index (χ1n) is 6.57. The summed E-state index contributed by atoms with van der Waals surface area (Å²) >= 11 is 5.65. The Kier molecular flexibility index (Phi) is 5.08. The molecule has 0 aliphatic carbocycles. The van der Waals surface area contributed by atoms with Gasteiger partial charge in [0.05, 0.1) is 10.5 Å². The van der Waals surface area contributed by atoms with Gasteiger partial charge in [0.2, 0.25) is 0 Å². The van der Waals surface area contributed by atoms with Crippen molar-refractivity contribution in [3.05, 3.63) is 74.3 Å². The lowest BCUT2D eigenvalue weighted by molar-refractivity contribution is -0.384. The van der Waals surface area contributed by atoms with Gasteiger partial charge in [0.15, 0.2) is 0 Å². The highest BCUT2D eigenvalue weighted by molar-refractivity contribution is 6.32. The number of nitrogens with zero attached hydrogens (tertiary/aromatic N) is 1. The molecule has 24 heavy (non-hydrogen) atoms. The summed E-state index contributed by atoms with van der Waals surface area (Å²) < 4.78 is 37.9. The lowest BCUT2D eigenvalue weighted by Crippen LogP contribution is -2.23. The molecule has 0 bridgehead atoms. The number of benzene rings is 2. The average molecular weight is 359 g/mol. The maximum absolute atomic E-state index is 12.6. The molecule has 0 aliphatic heterocycles. The Bertz CT molecular complexity index is 794. The monoisotopic (exact) mass is 358 g/mol. The van der Waals surface area contributed by atoms with Crippen LogP contribution < -0.4 is 5.32 Å². The summed E-state index contributed by atoms with van der Waals surface area (Å²) in [6, 6.07) is 8.01. The second kappa shape index (κ2) is 6.88. The minimum absolute atomic E-state index is 0.0157. The maximum Gasteiger partial charge on any atom is 0.416 e. The number of halogens is 4. The van der Waals surface area contributed by atoms with Crippen LogP contribution in [0.1, 0.15) is 21.5 Å². The zero-order valence-electron chi connectivity index (χ0n) is 11.9. The molecule has 126 valence electrons. The van der Waals surface area contributed by atoms with E-state index in [1.165, 1.54) is 24.3 Å². The maximum atomic E-state index is 12.6. The van der Waals surface area contributed by atoms with E-state index in [2.05, 4.69) is 5.32 Å². The smallest absolute Gasteiger partial charge is 0.348 e. The van der Waals surface area contributed by atoms with Gasteiger partial charge in [-0.15, -0.1) is 0 Å². The summed E-state index contributed by atoms with van der Waals surface area (Å²) in [5.74, 6) is -0.660. The molecule has 0 saturated carbocycles. The van der Waals surface area contributed by atoms with Crippen molar-refractivity contribution in [2.24, 2.45) is 0 Å². The lowest BCUT2D eigenvalue weighted by atomic mass is 10.1. The fraction of sp³-hybridized carbons (Fsp3) is 0.133. The molecular weight excluding hydrogens is 349 g/mol. The van der Waals surface area contributed by atoms with Crippen molar-refractivity contribution in [1.82, 2.24) is 5.32 Å². The van der Waals surface area contributed by atoms with Gasteiger partial charge in [-0.05, 0) is 29.8 Å². The van der Waals surface area contributed by atoms with Crippen molar-refractivity contribution < 1.29 is 22.9 Å². The molecule has 0 spiro atoms. The molecule has 0 radical (unpaired) electrons. The Morgan fingerprint density at radius 2 is 1.92 bits per heavy atom. The van der Waals surface area contributed by atoms with Gasteiger partial charge < -0.3 is 5.32 Å². The van der Waals surface area contributed by atoms with Crippen LogP contribution in [0.3, 0.4) is 0 Å². The highest BCUT2D eigenvalue weighted by atomic mass is 35.5. The van der Waals surface area contributed by atoms with Crippen molar-refractivity contribution in [2.75, 3.05) is 0 Å². The van der Waals surface area contributed by atoms with Gasteiger partial charge in [0, 0.05) is 18.2 Å². The average Bonchev–Trinajstić information content (AvgIpc) is 2.52. The summed E-state index contributed by atoms with van der Waals surface area (Å²) in [5, 5.41) is 13.1. The normalized spacial score (nSPS) is 11.2. The van der Waals surface area contributed by atoms with E-state index >= 15 is 0 Å². The zero-order valence-corrected chi connectivity index (χ0v) is 12.7. The number of nitro groups is 1. The van der Waals surface area contributed by atoms with Crippen molar-refractivity contribution >= 4 is 23.2 Å². The highest BCUT2D eigenvalue weighted by Crippen LogP contribution is 2.29. The summed E-state index contributed by atoms with van der Waals surface area (Å²) in [5.41, 5.74) is -1.01. The molecule has 1 amide bonds. The molecule has 1 N–H and O–H groups in total. The Balaban J connectivity index is 2.11. The first kappa shape index (κ1) is 17.7. The first-order chi connectivity index (χ1) is 11.2. The number of rotatable bonds is 4.